The summed E-state index contributed by atoms with van der Waals surface area (Å²) in [4.78, 5) is 2.82. The van der Waals surface area contributed by atoms with Gasteiger partial charge in [-0.1, -0.05) is 22.8 Å². The highest BCUT2D eigenvalue weighted by molar-refractivity contribution is 7.86. The first-order valence-corrected chi connectivity index (χ1v) is 15.4. The van der Waals surface area contributed by atoms with Crippen LogP contribution in [0.15, 0.2) is 34.3 Å². The molecular weight excluding hydrogens is 542 g/mol. The van der Waals surface area contributed by atoms with Gasteiger partial charge in [0.15, 0.2) is 11.6 Å². The third kappa shape index (κ3) is 8.15. The summed E-state index contributed by atoms with van der Waals surface area (Å²) in [6.45, 7) is 4.69. The molecule has 2 saturated carbocycles. The van der Waals surface area contributed by atoms with Crippen molar-refractivity contribution in [2.75, 3.05) is 39.6 Å². The van der Waals surface area contributed by atoms with Crippen molar-refractivity contribution in [1.82, 2.24) is 0 Å². The Labute approximate surface area is 235 Å². The highest BCUT2D eigenvalue weighted by atomic mass is 32.2. The number of hydrogen-bond acceptors (Lipinski definition) is 10. The van der Waals surface area contributed by atoms with E-state index in [4.69, 9.17) is 28.7 Å². The lowest BCUT2D eigenvalue weighted by Crippen LogP contribution is -2.44. The predicted octanol–water partition coefficient (Wildman–Crippen LogP) is 3.87. The predicted molar refractivity (Wildman–Crippen MR) is 144 cm³/mol. The third-order valence-corrected chi connectivity index (χ3v) is 9.69. The topological polar surface area (TPSA) is 170 Å². The molecule has 1 aromatic rings. The van der Waals surface area contributed by atoms with Crippen molar-refractivity contribution < 1.29 is 41.8 Å². The maximum atomic E-state index is 12.1. The third-order valence-electron chi connectivity index (χ3n) is 8.37. The molecule has 2 aliphatic carbocycles. The highest BCUT2D eigenvalue weighted by Crippen LogP contribution is 2.42. The molecule has 0 unspecified atom stereocenters. The standard InChI is InChI=1S/C17H24O6S.C10H17N3O3/c1-14-2-4-15(5-3-14)24(19,20)23-11-10-16(18)6-8-17(9-7-16)21-12-13-22-17;11-13-12-6-5-9(14)1-3-10(4-2-9)15-7-8-16-10/h2-5,18H,6-13H2,1H3;14H,1-8H2. The zero-order chi connectivity index (χ0) is 28.7. The van der Waals surface area contributed by atoms with Crippen LogP contribution in [-0.4, -0.2) is 81.0 Å². The van der Waals surface area contributed by atoms with E-state index in [1.54, 1.807) is 12.1 Å². The quantitative estimate of drug-likeness (QED) is 0.200. The van der Waals surface area contributed by atoms with E-state index >= 15 is 0 Å². The SMILES string of the molecule is Cc1ccc(S(=O)(=O)OCCC2(O)CCC3(CC2)OCCO3)cc1.[N-]=[N+]=NCCC1(O)CCC2(CC1)OCCO2. The molecule has 4 aliphatic rings. The monoisotopic (exact) mass is 583 g/mol. The van der Waals surface area contributed by atoms with E-state index in [0.29, 0.717) is 77.9 Å². The van der Waals surface area contributed by atoms with Crippen LogP contribution in [0.3, 0.4) is 0 Å². The van der Waals surface area contributed by atoms with Gasteiger partial charge in [-0.25, -0.2) is 0 Å². The molecule has 2 N–H and O–H groups in total. The molecule has 2 aliphatic heterocycles. The van der Waals surface area contributed by atoms with Crippen LogP contribution < -0.4 is 0 Å². The van der Waals surface area contributed by atoms with Crippen molar-refractivity contribution in [2.45, 2.75) is 98.8 Å². The van der Waals surface area contributed by atoms with Gasteiger partial charge in [0.05, 0.1) is 49.1 Å². The fourth-order valence-corrected chi connectivity index (χ4v) is 6.59. The van der Waals surface area contributed by atoms with E-state index in [0.717, 1.165) is 18.4 Å². The number of azide groups is 1. The number of ether oxygens (including phenoxy) is 4. The number of hydrogen-bond donors (Lipinski definition) is 2. The van der Waals surface area contributed by atoms with Crippen LogP contribution in [0.1, 0.15) is 69.8 Å². The molecule has 0 bridgehead atoms. The Morgan fingerprint density at radius 3 is 1.73 bits per heavy atom. The largest absolute Gasteiger partial charge is 0.390 e. The Bertz CT molecular complexity index is 1110. The van der Waals surface area contributed by atoms with Crippen LogP contribution in [0.2, 0.25) is 0 Å². The molecule has 0 aromatic heterocycles. The minimum Gasteiger partial charge on any atom is -0.390 e. The summed E-state index contributed by atoms with van der Waals surface area (Å²) in [5, 5.41) is 24.3. The molecule has 2 saturated heterocycles. The van der Waals surface area contributed by atoms with Crippen LogP contribution in [0.4, 0.5) is 0 Å². The van der Waals surface area contributed by atoms with Gasteiger partial charge in [0.1, 0.15) is 0 Å². The van der Waals surface area contributed by atoms with Crippen LogP contribution in [-0.2, 0) is 33.2 Å². The lowest BCUT2D eigenvalue weighted by Gasteiger charge is -2.40. The van der Waals surface area contributed by atoms with Gasteiger partial charge in [-0.3, -0.25) is 4.18 Å². The zero-order valence-corrected chi connectivity index (χ0v) is 23.9. The smallest absolute Gasteiger partial charge is 0.296 e. The van der Waals surface area contributed by atoms with E-state index in [1.807, 2.05) is 6.92 Å². The van der Waals surface area contributed by atoms with E-state index < -0.39 is 32.9 Å². The van der Waals surface area contributed by atoms with Gasteiger partial charge in [0, 0.05) is 43.6 Å². The van der Waals surface area contributed by atoms with Gasteiger partial charge >= 0.3 is 0 Å². The Balaban J connectivity index is 0.000000201. The van der Waals surface area contributed by atoms with Crippen molar-refractivity contribution >= 4 is 10.1 Å². The number of aryl methyl sites for hydroxylation is 1. The molecule has 13 heteroatoms. The zero-order valence-electron chi connectivity index (χ0n) is 23.1. The van der Waals surface area contributed by atoms with E-state index in [1.165, 1.54) is 12.1 Å². The van der Waals surface area contributed by atoms with Crippen molar-refractivity contribution in [3.05, 3.63) is 40.3 Å². The molecule has 2 spiro atoms. The summed E-state index contributed by atoms with van der Waals surface area (Å²) in [7, 11) is -3.79. The molecule has 2 heterocycles. The minimum atomic E-state index is -3.79. The molecule has 12 nitrogen and oxygen atoms in total. The van der Waals surface area contributed by atoms with Gasteiger partial charge in [-0.15, -0.1) is 0 Å². The summed E-state index contributed by atoms with van der Waals surface area (Å²) in [6, 6.07) is 6.51. The summed E-state index contributed by atoms with van der Waals surface area (Å²) in [6.07, 6.45) is 5.80. The molecule has 224 valence electrons. The van der Waals surface area contributed by atoms with E-state index in [9.17, 15) is 18.6 Å². The van der Waals surface area contributed by atoms with Crippen molar-refractivity contribution in [1.29, 1.82) is 0 Å². The highest BCUT2D eigenvalue weighted by Gasteiger charge is 2.46. The molecule has 0 amide bonds. The average Bonchev–Trinajstić information content (AvgIpc) is 3.60. The van der Waals surface area contributed by atoms with Crippen LogP contribution >= 0.6 is 0 Å². The molecule has 40 heavy (non-hydrogen) atoms. The summed E-state index contributed by atoms with van der Waals surface area (Å²) in [5.41, 5.74) is 7.53. The molecule has 0 atom stereocenters. The first-order valence-electron chi connectivity index (χ1n) is 14.0. The molecule has 1 aromatic carbocycles. The Morgan fingerprint density at radius 2 is 1.27 bits per heavy atom. The van der Waals surface area contributed by atoms with Gasteiger partial charge in [0.2, 0.25) is 0 Å². The summed E-state index contributed by atoms with van der Waals surface area (Å²) < 4.78 is 51.8. The lowest BCUT2D eigenvalue weighted by molar-refractivity contribution is -0.203. The van der Waals surface area contributed by atoms with Crippen molar-refractivity contribution in [2.24, 2.45) is 5.11 Å². The Morgan fingerprint density at radius 1 is 0.825 bits per heavy atom. The minimum absolute atomic E-state index is 0.0403. The second-order valence-corrected chi connectivity index (χ2v) is 12.8. The maximum Gasteiger partial charge on any atom is 0.296 e. The normalized spacial score (nSPS) is 26.7. The molecule has 0 radical (unpaired) electrons. The lowest BCUT2D eigenvalue weighted by atomic mass is 9.79. The van der Waals surface area contributed by atoms with Crippen molar-refractivity contribution in [3.8, 4) is 0 Å². The second kappa shape index (κ2) is 13.0. The molecule has 5 rings (SSSR count). The van der Waals surface area contributed by atoms with Crippen LogP contribution in [0.5, 0.6) is 0 Å². The first kappa shape index (κ1) is 31.1. The summed E-state index contributed by atoms with van der Waals surface area (Å²) >= 11 is 0. The summed E-state index contributed by atoms with van der Waals surface area (Å²) in [5.74, 6) is -0.980. The second-order valence-electron chi connectivity index (χ2n) is 11.2. The van der Waals surface area contributed by atoms with E-state index in [2.05, 4.69) is 10.0 Å². The van der Waals surface area contributed by atoms with Gasteiger partial charge in [-0.2, -0.15) is 8.42 Å². The van der Waals surface area contributed by atoms with Crippen molar-refractivity contribution in [3.63, 3.8) is 0 Å². The average molecular weight is 584 g/mol. The Kier molecular flexibility index (Phi) is 10.1. The number of aliphatic hydroxyl groups is 2. The van der Waals surface area contributed by atoms with Crippen LogP contribution in [0, 0.1) is 6.92 Å². The first-order chi connectivity index (χ1) is 19.0. The van der Waals surface area contributed by atoms with Gasteiger partial charge in [0.25, 0.3) is 10.1 Å². The fourth-order valence-electron chi connectivity index (χ4n) is 5.68. The number of benzene rings is 1. The van der Waals surface area contributed by atoms with Gasteiger partial charge < -0.3 is 29.2 Å². The Hall–Kier alpha value is -1.80. The number of rotatable bonds is 8. The fraction of sp³-hybridized carbons (Fsp3) is 0.778. The number of nitrogens with zero attached hydrogens (tertiary/aromatic N) is 3. The molecule has 4 fully saturated rings. The van der Waals surface area contributed by atoms with Gasteiger partial charge in [-0.05, 0) is 56.7 Å². The van der Waals surface area contributed by atoms with Crippen LogP contribution in [0.25, 0.3) is 10.4 Å². The van der Waals surface area contributed by atoms with E-state index in [-0.39, 0.29) is 17.9 Å². The maximum absolute atomic E-state index is 12.1. The molecular formula is C27H41N3O9S.